The van der Waals surface area contributed by atoms with Gasteiger partial charge in [-0.25, -0.2) is 0 Å². The largest absolute Gasteiger partial charge is 0.348 e. The zero-order valence-electron chi connectivity index (χ0n) is 13.7. The van der Waals surface area contributed by atoms with Crippen LogP contribution in [0.4, 0.5) is 0 Å². The lowest BCUT2D eigenvalue weighted by molar-refractivity contribution is -0.133. The van der Waals surface area contributed by atoms with Crippen LogP contribution in [0.25, 0.3) is 0 Å². The van der Waals surface area contributed by atoms with Crippen LogP contribution in [0.3, 0.4) is 0 Å². The van der Waals surface area contributed by atoms with Crippen molar-refractivity contribution in [1.82, 2.24) is 10.6 Å². The number of carbonyl (C=O) groups excluding carboxylic acids is 2. The second-order valence-electron chi connectivity index (χ2n) is 6.41. The smallest absolute Gasteiger partial charge is 0.242 e. The molecule has 118 valence electrons. The first kappa shape index (κ1) is 17.7. The summed E-state index contributed by atoms with van der Waals surface area (Å²) in [7, 11) is 0. The Bertz CT molecular complexity index is 579. The maximum absolute atomic E-state index is 12.1. The number of carbonyl (C=O) groups is 2. The Morgan fingerprint density at radius 3 is 2.09 bits per heavy atom. The molecule has 0 spiro atoms. The van der Waals surface area contributed by atoms with E-state index >= 15 is 0 Å². The van der Waals surface area contributed by atoms with E-state index in [1.54, 1.807) is 39.8 Å². The van der Waals surface area contributed by atoms with E-state index in [0.29, 0.717) is 5.56 Å². The standard InChI is InChI=1S/C17H23N3O2/c1-11(14-8-6-13(10-18)7-9-14)19-15(21)12(2)20-16(22)17(3,4)5/h6-9,11-12H,1-5H3,(H,19,21)(H,20,22). The van der Waals surface area contributed by atoms with Gasteiger partial charge in [-0.15, -0.1) is 0 Å². The van der Waals surface area contributed by atoms with Crippen molar-refractivity contribution in [2.45, 2.75) is 46.7 Å². The summed E-state index contributed by atoms with van der Waals surface area (Å²) < 4.78 is 0. The highest BCUT2D eigenvalue weighted by Gasteiger charge is 2.25. The molecule has 5 heteroatoms. The van der Waals surface area contributed by atoms with Crippen molar-refractivity contribution in [1.29, 1.82) is 5.26 Å². The summed E-state index contributed by atoms with van der Waals surface area (Å²) in [5.41, 5.74) is 0.947. The molecule has 1 aromatic rings. The molecule has 0 saturated carbocycles. The van der Waals surface area contributed by atoms with Gasteiger partial charge in [-0.2, -0.15) is 5.26 Å². The number of rotatable bonds is 4. The van der Waals surface area contributed by atoms with Gasteiger partial charge in [0.15, 0.2) is 0 Å². The van der Waals surface area contributed by atoms with Crippen LogP contribution >= 0.6 is 0 Å². The Kier molecular flexibility index (Phi) is 5.69. The molecule has 0 saturated heterocycles. The maximum Gasteiger partial charge on any atom is 0.242 e. The lowest BCUT2D eigenvalue weighted by atomic mass is 9.95. The lowest BCUT2D eigenvalue weighted by Gasteiger charge is -2.23. The third-order valence-electron chi connectivity index (χ3n) is 3.32. The number of nitriles is 1. The van der Waals surface area contributed by atoms with E-state index in [1.165, 1.54) is 0 Å². The first-order valence-electron chi connectivity index (χ1n) is 7.26. The average molecular weight is 301 g/mol. The number of amides is 2. The summed E-state index contributed by atoms with van der Waals surface area (Å²) >= 11 is 0. The predicted molar refractivity (Wildman–Crippen MR) is 84.8 cm³/mol. The molecule has 0 radical (unpaired) electrons. The van der Waals surface area contributed by atoms with Crippen molar-refractivity contribution in [3.63, 3.8) is 0 Å². The van der Waals surface area contributed by atoms with Gasteiger partial charge < -0.3 is 10.6 Å². The van der Waals surface area contributed by atoms with Crippen LogP contribution in [-0.4, -0.2) is 17.9 Å². The second-order valence-corrected chi connectivity index (χ2v) is 6.41. The van der Waals surface area contributed by atoms with E-state index in [9.17, 15) is 9.59 Å². The summed E-state index contributed by atoms with van der Waals surface area (Å²) in [5, 5.41) is 14.3. The van der Waals surface area contributed by atoms with Crippen LogP contribution in [0, 0.1) is 16.7 Å². The monoisotopic (exact) mass is 301 g/mol. The molecule has 0 aliphatic carbocycles. The van der Waals surface area contributed by atoms with Gasteiger partial charge in [-0.05, 0) is 31.5 Å². The molecule has 0 fully saturated rings. The minimum atomic E-state index is -0.604. The van der Waals surface area contributed by atoms with Gasteiger partial charge in [-0.1, -0.05) is 32.9 Å². The van der Waals surface area contributed by atoms with Crippen molar-refractivity contribution < 1.29 is 9.59 Å². The summed E-state index contributed by atoms with van der Waals surface area (Å²) in [6.45, 7) is 8.91. The van der Waals surface area contributed by atoms with Gasteiger partial charge in [-0.3, -0.25) is 9.59 Å². The molecule has 1 rings (SSSR count). The molecule has 0 bridgehead atoms. The first-order chi connectivity index (χ1) is 10.1. The average Bonchev–Trinajstić information content (AvgIpc) is 2.46. The van der Waals surface area contributed by atoms with Crippen LogP contribution in [0.15, 0.2) is 24.3 Å². The Morgan fingerprint density at radius 1 is 1.09 bits per heavy atom. The van der Waals surface area contributed by atoms with Crippen molar-refractivity contribution in [2.24, 2.45) is 5.41 Å². The minimum absolute atomic E-state index is 0.166. The van der Waals surface area contributed by atoms with Crippen LogP contribution in [-0.2, 0) is 9.59 Å². The van der Waals surface area contributed by atoms with E-state index in [2.05, 4.69) is 16.7 Å². The molecule has 2 amide bonds. The molecule has 2 unspecified atom stereocenters. The highest BCUT2D eigenvalue weighted by atomic mass is 16.2. The minimum Gasteiger partial charge on any atom is -0.348 e. The van der Waals surface area contributed by atoms with Crippen LogP contribution in [0.5, 0.6) is 0 Å². The van der Waals surface area contributed by atoms with Crippen molar-refractivity contribution in [3.05, 3.63) is 35.4 Å². The highest BCUT2D eigenvalue weighted by molar-refractivity contribution is 5.89. The third-order valence-corrected chi connectivity index (χ3v) is 3.32. The molecule has 0 aliphatic rings. The molecule has 0 aromatic heterocycles. The fourth-order valence-electron chi connectivity index (χ4n) is 1.75. The quantitative estimate of drug-likeness (QED) is 0.895. The van der Waals surface area contributed by atoms with Gasteiger partial charge in [0.1, 0.15) is 6.04 Å². The van der Waals surface area contributed by atoms with E-state index in [-0.39, 0.29) is 17.9 Å². The number of hydrogen-bond acceptors (Lipinski definition) is 3. The third kappa shape index (κ3) is 4.88. The SMILES string of the molecule is CC(NC(=O)C(C)(C)C)C(=O)NC(C)c1ccc(C#N)cc1. The molecule has 0 aliphatic heterocycles. The highest BCUT2D eigenvalue weighted by Crippen LogP contribution is 2.14. The normalized spacial score (nSPS) is 13.6. The Labute approximate surface area is 131 Å². The Hall–Kier alpha value is -2.35. The van der Waals surface area contributed by atoms with Gasteiger partial charge in [0.05, 0.1) is 17.7 Å². The molecule has 1 aromatic carbocycles. The number of hydrogen-bond donors (Lipinski definition) is 2. The summed E-state index contributed by atoms with van der Waals surface area (Å²) in [4.78, 5) is 24.0. The fourth-order valence-corrected chi connectivity index (χ4v) is 1.75. The first-order valence-corrected chi connectivity index (χ1v) is 7.26. The summed E-state index contributed by atoms with van der Waals surface area (Å²) in [6, 6.07) is 8.29. The topological polar surface area (TPSA) is 82.0 Å². The zero-order chi connectivity index (χ0) is 16.9. The van der Waals surface area contributed by atoms with E-state index in [1.807, 2.05) is 19.1 Å². The second kappa shape index (κ2) is 7.08. The predicted octanol–water partition coefficient (Wildman–Crippen LogP) is 2.29. The zero-order valence-corrected chi connectivity index (χ0v) is 13.7. The van der Waals surface area contributed by atoms with Crippen LogP contribution in [0.2, 0.25) is 0 Å². The molecular formula is C17H23N3O2. The van der Waals surface area contributed by atoms with Crippen LogP contribution < -0.4 is 10.6 Å². The molecule has 2 N–H and O–H groups in total. The van der Waals surface area contributed by atoms with Crippen molar-refractivity contribution in [2.75, 3.05) is 0 Å². The van der Waals surface area contributed by atoms with Crippen molar-refractivity contribution >= 4 is 11.8 Å². The Morgan fingerprint density at radius 2 is 1.64 bits per heavy atom. The lowest BCUT2D eigenvalue weighted by Crippen LogP contribution is -2.48. The van der Waals surface area contributed by atoms with Gasteiger partial charge >= 0.3 is 0 Å². The van der Waals surface area contributed by atoms with E-state index in [4.69, 9.17) is 5.26 Å². The van der Waals surface area contributed by atoms with Gasteiger partial charge in [0, 0.05) is 5.41 Å². The molecular weight excluding hydrogens is 278 g/mol. The van der Waals surface area contributed by atoms with E-state index < -0.39 is 11.5 Å². The molecule has 5 nitrogen and oxygen atoms in total. The maximum atomic E-state index is 12.1. The fraction of sp³-hybridized carbons (Fsp3) is 0.471. The number of benzene rings is 1. The van der Waals surface area contributed by atoms with Crippen molar-refractivity contribution in [3.8, 4) is 6.07 Å². The number of nitrogens with one attached hydrogen (secondary N) is 2. The number of nitrogens with zero attached hydrogens (tertiary/aromatic N) is 1. The van der Waals surface area contributed by atoms with Gasteiger partial charge in [0.2, 0.25) is 11.8 Å². The summed E-state index contributed by atoms with van der Waals surface area (Å²) in [5.74, 6) is -0.407. The van der Waals surface area contributed by atoms with Crippen LogP contribution in [0.1, 0.15) is 51.8 Å². The van der Waals surface area contributed by atoms with Gasteiger partial charge in [0.25, 0.3) is 0 Å². The molecule has 2 atom stereocenters. The Balaban J connectivity index is 2.63. The van der Waals surface area contributed by atoms with E-state index in [0.717, 1.165) is 5.56 Å². The summed E-state index contributed by atoms with van der Waals surface area (Å²) in [6.07, 6.45) is 0. The molecule has 22 heavy (non-hydrogen) atoms. The molecule has 0 heterocycles.